The molecule has 7 heteroatoms. The number of carbonyl (C=O) groups excluding carboxylic acids is 1. The molecule has 2 atom stereocenters. The van der Waals surface area contributed by atoms with E-state index in [4.69, 9.17) is 0 Å². The molecule has 0 aliphatic carbocycles. The third-order valence-electron chi connectivity index (χ3n) is 5.58. The van der Waals surface area contributed by atoms with E-state index in [9.17, 15) is 9.90 Å². The summed E-state index contributed by atoms with van der Waals surface area (Å²) in [5.74, 6) is -0.0285. The number of carbonyl (C=O) groups is 1. The number of nitrogens with zero attached hydrogens (tertiary/aromatic N) is 5. The number of aliphatic hydroxyl groups is 1. The Morgan fingerprint density at radius 3 is 2.88 bits per heavy atom. The Morgan fingerprint density at radius 2 is 2.12 bits per heavy atom. The first-order chi connectivity index (χ1) is 12.7. The van der Waals surface area contributed by atoms with E-state index in [1.807, 2.05) is 30.5 Å². The number of benzene rings is 1. The zero-order valence-electron chi connectivity index (χ0n) is 15.1. The van der Waals surface area contributed by atoms with Crippen LogP contribution < -0.4 is 0 Å². The summed E-state index contributed by atoms with van der Waals surface area (Å²) in [6.45, 7) is 1.81. The molecule has 2 aromatic rings. The van der Waals surface area contributed by atoms with Gasteiger partial charge in [0.05, 0.1) is 30.6 Å². The molecular formula is C19H25N5O2. The number of aliphatic hydroxyl groups excluding tert-OH is 1. The van der Waals surface area contributed by atoms with Gasteiger partial charge in [-0.15, -0.1) is 5.10 Å². The largest absolute Gasteiger partial charge is 0.394 e. The minimum atomic E-state index is -0.0676. The summed E-state index contributed by atoms with van der Waals surface area (Å²) in [7, 11) is 2.11. The van der Waals surface area contributed by atoms with E-state index in [-0.39, 0.29) is 18.6 Å². The highest BCUT2D eigenvalue weighted by Crippen LogP contribution is 2.29. The first kappa shape index (κ1) is 17.2. The zero-order chi connectivity index (χ0) is 18.1. The lowest BCUT2D eigenvalue weighted by Gasteiger charge is -2.23. The molecule has 0 radical (unpaired) electrons. The van der Waals surface area contributed by atoms with Gasteiger partial charge in [-0.1, -0.05) is 11.3 Å². The van der Waals surface area contributed by atoms with Crippen LogP contribution in [0.3, 0.4) is 0 Å². The fourth-order valence-corrected chi connectivity index (χ4v) is 4.08. The number of hydrogen-bond acceptors (Lipinski definition) is 5. The monoisotopic (exact) mass is 355 g/mol. The first-order valence-electron chi connectivity index (χ1n) is 9.32. The summed E-state index contributed by atoms with van der Waals surface area (Å²) in [5, 5.41) is 18.1. The maximum Gasteiger partial charge on any atom is 0.254 e. The van der Waals surface area contributed by atoms with Gasteiger partial charge in [-0.2, -0.15) is 0 Å². The molecule has 1 aromatic heterocycles. The highest BCUT2D eigenvalue weighted by Gasteiger charge is 2.29. The third kappa shape index (κ3) is 3.12. The summed E-state index contributed by atoms with van der Waals surface area (Å²) >= 11 is 0. The predicted molar refractivity (Wildman–Crippen MR) is 97.1 cm³/mol. The SMILES string of the molecule is CN1CCCC1c1cn(-c2cccc(C(=O)N3CCC[C@@H]3CO)c2)nn1. The van der Waals surface area contributed by atoms with Gasteiger partial charge >= 0.3 is 0 Å². The van der Waals surface area contributed by atoms with Gasteiger partial charge in [0.2, 0.25) is 0 Å². The minimum absolute atomic E-state index is 0.0206. The lowest BCUT2D eigenvalue weighted by atomic mass is 10.1. The van der Waals surface area contributed by atoms with Crippen LogP contribution in [0.4, 0.5) is 0 Å². The zero-order valence-corrected chi connectivity index (χ0v) is 15.1. The summed E-state index contributed by atoms with van der Waals surface area (Å²) in [4.78, 5) is 16.9. The Hall–Kier alpha value is -2.25. The Kier molecular flexibility index (Phi) is 4.74. The van der Waals surface area contributed by atoms with Crippen molar-refractivity contribution >= 4 is 5.91 Å². The van der Waals surface area contributed by atoms with Gasteiger partial charge in [-0.05, 0) is 57.5 Å². The standard InChI is InChI=1S/C19H25N5O2/c1-22-9-4-8-18(22)17-12-24(21-20-17)15-6-2-5-14(11-15)19(26)23-10-3-7-16(23)13-25/h2,5-6,11-12,16,18,25H,3-4,7-10,13H2,1H3/t16-,18?/m1/s1. The first-order valence-corrected chi connectivity index (χ1v) is 9.32. The normalized spacial score (nSPS) is 23.7. The molecule has 1 unspecified atom stereocenters. The van der Waals surface area contributed by atoms with Crippen LogP contribution >= 0.6 is 0 Å². The Labute approximate surface area is 153 Å². The smallest absolute Gasteiger partial charge is 0.254 e. The van der Waals surface area contributed by atoms with E-state index >= 15 is 0 Å². The van der Waals surface area contributed by atoms with Gasteiger partial charge in [0.25, 0.3) is 5.91 Å². The lowest BCUT2D eigenvalue weighted by molar-refractivity contribution is 0.0677. The molecule has 138 valence electrons. The Balaban J connectivity index is 1.56. The minimum Gasteiger partial charge on any atom is -0.394 e. The van der Waals surface area contributed by atoms with Crippen molar-refractivity contribution in [3.63, 3.8) is 0 Å². The van der Waals surface area contributed by atoms with Crippen LogP contribution in [0.2, 0.25) is 0 Å². The van der Waals surface area contributed by atoms with Crippen molar-refractivity contribution in [1.29, 1.82) is 0 Å². The second kappa shape index (κ2) is 7.17. The molecule has 0 saturated carbocycles. The Morgan fingerprint density at radius 1 is 1.27 bits per heavy atom. The molecule has 26 heavy (non-hydrogen) atoms. The molecule has 3 heterocycles. The molecular weight excluding hydrogens is 330 g/mol. The molecule has 2 aliphatic heterocycles. The maximum atomic E-state index is 12.8. The van der Waals surface area contributed by atoms with Crippen LogP contribution in [0.1, 0.15) is 47.8 Å². The van der Waals surface area contributed by atoms with Crippen LogP contribution in [0.5, 0.6) is 0 Å². The van der Waals surface area contributed by atoms with Gasteiger partial charge in [-0.25, -0.2) is 4.68 Å². The second-order valence-electron chi connectivity index (χ2n) is 7.25. The van der Waals surface area contributed by atoms with E-state index in [2.05, 4.69) is 22.3 Å². The molecule has 1 aromatic carbocycles. The molecule has 0 spiro atoms. The molecule has 0 bridgehead atoms. The molecule has 2 fully saturated rings. The van der Waals surface area contributed by atoms with Crippen molar-refractivity contribution in [3.8, 4) is 5.69 Å². The summed E-state index contributed by atoms with van der Waals surface area (Å²) in [6, 6.07) is 7.73. The number of likely N-dealkylation sites (tertiary alicyclic amines) is 2. The molecule has 1 N–H and O–H groups in total. The highest BCUT2D eigenvalue weighted by molar-refractivity contribution is 5.95. The van der Waals surface area contributed by atoms with Gasteiger partial charge in [0.15, 0.2) is 0 Å². The van der Waals surface area contributed by atoms with Crippen molar-refractivity contribution < 1.29 is 9.90 Å². The maximum absolute atomic E-state index is 12.8. The van der Waals surface area contributed by atoms with E-state index in [0.717, 1.165) is 37.2 Å². The second-order valence-corrected chi connectivity index (χ2v) is 7.25. The van der Waals surface area contributed by atoms with Crippen LogP contribution in [0.25, 0.3) is 5.69 Å². The number of amides is 1. The topological polar surface area (TPSA) is 74.5 Å². The van der Waals surface area contributed by atoms with Crippen molar-refractivity contribution in [3.05, 3.63) is 41.7 Å². The molecule has 2 saturated heterocycles. The van der Waals surface area contributed by atoms with E-state index in [1.54, 1.807) is 9.58 Å². The van der Waals surface area contributed by atoms with E-state index < -0.39 is 0 Å². The summed E-state index contributed by atoms with van der Waals surface area (Å²) in [5.41, 5.74) is 2.43. The van der Waals surface area contributed by atoms with Crippen LogP contribution in [0, 0.1) is 0 Å². The van der Waals surface area contributed by atoms with Gasteiger partial charge < -0.3 is 10.0 Å². The lowest BCUT2D eigenvalue weighted by Crippen LogP contribution is -2.37. The fraction of sp³-hybridized carbons (Fsp3) is 0.526. The number of aromatic nitrogens is 3. The average molecular weight is 355 g/mol. The predicted octanol–water partition coefficient (Wildman–Crippen LogP) is 1.63. The van der Waals surface area contributed by atoms with Crippen molar-refractivity contribution in [1.82, 2.24) is 24.8 Å². The quantitative estimate of drug-likeness (QED) is 0.902. The van der Waals surface area contributed by atoms with Crippen LogP contribution in [0.15, 0.2) is 30.5 Å². The number of rotatable bonds is 4. The third-order valence-corrected chi connectivity index (χ3v) is 5.58. The average Bonchev–Trinajstić information content (AvgIpc) is 3.41. The highest BCUT2D eigenvalue weighted by atomic mass is 16.3. The van der Waals surface area contributed by atoms with Gasteiger partial charge in [0.1, 0.15) is 5.69 Å². The Bertz CT molecular complexity index is 790. The van der Waals surface area contributed by atoms with E-state index in [0.29, 0.717) is 18.2 Å². The van der Waals surface area contributed by atoms with Crippen molar-refractivity contribution in [2.45, 2.75) is 37.8 Å². The summed E-state index contributed by atoms with van der Waals surface area (Å²) < 4.78 is 1.74. The molecule has 2 aliphatic rings. The molecule has 7 nitrogen and oxygen atoms in total. The van der Waals surface area contributed by atoms with Crippen LogP contribution in [-0.4, -0.2) is 68.6 Å². The van der Waals surface area contributed by atoms with E-state index in [1.165, 1.54) is 6.42 Å². The van der Waals surface area contributed by atoms with Crippen molar-refractivity contribution in [2.24, 2.45) is 0 Å². The number of hydrogen-bond donors (Lipinski definition) is 1. The fourth-order valence-electron chi connectivity index (χ4n) is 4.08. The summed E-state index contributed by atoms with van der Waals surface area (Å²) in [6.07, 6.45) is 6.05. The molecule has 4 rings (SSSR count). The van der Waals surface area contributed by atoms with Gasteiger partial charge in [0, 0.05) is 12.1 Å². The van der Waals surface area contributed by atoms with Crippen LogP contribution in [-0.2, 0) is 0 Å². The van der Waals surface area contributed by atoms with Crippen molar-refractivity contribution in [2.75, 3.05) is 26.7 Å². The van der Waals surface area contributed by atoms with Gasteiger partial charge in [-0.3, -0.25) is 9.69 Å². The molecule has 1 amide bonds.